The molecule has 2 nitrogen and oxygen atoms in total. The van der Waals surface area contributed by atoms with Gasteiger partial charge in [0, 0.05) is 37.2 Å². The zero-order valence-corrected chi connectivity index (χ0v) is 27.0. The first-order chi connectivity index (χ1) is 21.7. The van der Waals surface area contributed by atoms with E-state index >= 15 is 0 Å². The molecule has 0 saturated heterocycles. The zero-order valence-electron chi connectivity index (χ0n) is 23.8. The molecule has 9 rings (SSSR count). The Morgan fingerprint density at radius 2 is 1.31 bits per heavy atom. The minimum absolute atomic E-state index is 0. The molecule has 0 fully saturated rings. The maximum absolute atomic E-state index is 13.7. The molecular formula is C40H23FIrN2S-2. The second-order valence-corrected chi connectivity index (χ2v) is 11.6. The molecule has 0 aliphatic rings. The molecule has 3 aromatic heterocycles. The van der Waals surface area contributed by atoms with Crippen LogP contribution in [0.5, 0.6) is 0 Å². The van der Waals surface area contributed by atoms with E-state index in [0.29, 0.717) is 0 Å². The summed E-state index contributed by atoms with van der Waals surface area (Å²) in [5.74, 6) is -0.212. The van der Waals surface area contributed by atoms with Crippen LogP contribution in [0.15, 0.2) is 140 Å². The van der Waals surface area contributed by atoms with Gasteiger partial charge in [-0.1, -0.05) is 66.0 Å². The minimum atomic E-state index is -0.212. The van der Waals surface area contributed by atoms with Gasteiger partial charge in [0.2, 0.25) is 0 Å². The third-order valence-electron chi connectivity index (χ3n) is 7.94. The molecule has 6 aromatic carbocycles. The number of fused-ring (bicyclic) bond motifs is 8. The first-order valence-electron chi connectivity index (χ1n) is 14.3. The molecule has 45 heavy (non-hydrogen) atoms. The Kier molecular flexibility index (Phi) is 7.91. The molecule has 1 radical (unpaired) electrons. The van der Waals surface area contributed by atoms with Crippen molar-refractivity contribution in [2.24, 2.45) is 0 Å². The maximum atomic E-state index is 13.7. The normalized spacial score (nSPS) is 11.0. The van der Waals surface area contributed by atoms with Gasteiger partial charge < -0.3 is 9.97 Å². The third kappa shape index (κ3) is 5.40. The summed E-state index contributed by atoms with van der Waals surface area (Å²) in [5, 5.41) is 8.98. The molecule has 0 amide bonds. The van der Waals surface area contributed by atoms with Crippen LogP contribution in [0.3, 0.4) is 0 Å². The van der Waals surface area contributed by atoms with Crippen LogP contribution in [-0.4, -0.2) is 9.97 Å². The van der Waals surface area contributed by atoms with Crippen molar-refractivity contribution < 1.29 is 24.5 Å². The van der Waals surface area contributed by atoms with Gasteiger partial charge in [-0.2, -0.15) is 11.3 Å². The van der Waals surface area contributed by atoms with Gasteiger partial charge in [-0.15, -0.1) is 59.7 Å². The number of halogens is 1. The molecule has 9 aromatic rings. The van der Waals surface area contributed by atoms with Gasteiger partial charge in [0.05, 0.1) is 0 Å². The summed E-state index contributed by atoms with van der Waals surface area (Å²) in [6.07, 6.45) is 3.66. The van der Waals surface area contributed by atoms with E-state index in [-0.39, 0.29) is 25.9 Å². The maximum Gasteiger partial charge on any atom is 0.123 e. The summed E-state index contributed by atoms with van der Waals surface area (Å²) in [4.78, 5) is 8.96. The monoisotopic (exact) mass is 775 g/mol. The van der Waals surface area contributed by atoms with Crippen molar-refractivity contribution in [1.82, 2.24) is 9.97 Å². The van der Waals surface area contributed by atoms with Crippen molar-refractivity contribution in [3.63, 3.8) is 0 Å². The fraction of sp³-hybridized carbons (Fsp3) is 0. The standard InChI is InChI=1S/C29H15FNS.C11H8N.Ir/c30-19-7-10-20-17(15-19)5-8-22-21(20)11-12-26-23(22)13-14-31-29(26)18-6-9-25-24-3-1-2-4-27(24)32-28(25)16-18;1-2-6-10(7-3-1)11-8-4-5-9-12-11;/h1-5,7-16H;1-6,8-9H;/q2*-1;. The summed E-state index contributed by atoms with van der Waals surface area (Å²) < 4.78 is 16.2. The third-order valence-corrected chi connectivity index (χ3v) is 9.07. The second kappa shape index (κ2) is 12.3. The minimum Gasteiger partial charge on any atom is -0.305 e. The molecule has 5 heteroatoms. The fourth-order valence-corrected chi connectivity index (χ4v) is 7.00. The molecule has 3 heterocycles. The van der Waals surface area contributed by atoms with Crippen LogP contribution in [-0.2, 0) is 20.1 Å². The number of thiophene rings is 1. The Morgan fingerprint density at radius 3 is 2.18 bits per heavy atom. The Balaban J connectivity index is 0.000000211. The largest absolute Gasteiger partial charge is 0.305 e. The van der Waals surface area contributed by atoms with Crippen molar-refractivity contribution in [2.75, 3.05) is 0 Å². The van der Waals surface area contributed by atoms with Gasteiger partial charge in [0.1, 0.15) is 5.82 Å². The van der Waals surface area contributed by atoms with E-state index in [1.165, 1.54) is 26.2 Å². The predicted octanol–water partition coefficient (Wildman–Crippen LogP) is 11.1. The van der Waals surface area contributed by atoms with Gasteiger partial charge in [0.25, 0.3) is 0 Å². The van der Waals surface area contributed by atoms with E-state index < -0.39 is 0 Å². The fourth-order valence-electron chi connectivity index (χ4n) is 5.87. The van der Waals surface area contributed by atoms with Crippen LogP contribution in [0.4, 0.5) is 4.39 Å². The molecule has 217 valence electrons. The van der Waals surface area contributed by atoms with Crippen molar-refractivity contribution in [2.45, 2.75) is 0 Å². The zero-order chi connectivity index (χ0) is 29.5. The smallest absolute Gasteiger partial charge is 0.123 e. The molecule has 0 unspecified atom stereocenters. The van der Waals surface area contributed by atoms with E-state index in [1.807, 2.05) is 60.8 Å². The van der Waals surface area contributed by atoms with Crippen molar-refractivity contribution >= 4 is 63.8 Å². The first kappa shape index (κ1) is 28.9. The molecule has 0 aliphatic carbocycles. The van der Waals surface area contributed by atoms with Gasteiger partial charge >= 0.3 is 0 Å². The van der Waals surface area contributed by atoms with Crippen LogP contribution < -0.4 is 0 Å². The van der Waals surface area contributed by atoms with Gasteiger partial charge in [-0.3, -0.25) is 0 Å². The summed E-state index contributed by atoms with van der Waals surface area (Å²) in [6.45, 7) is 0. The summed E-state index contributed by atoms with van der Waals surface area (Å²) in [5.41, 5.74) is 3.94. The molecule has 0 N–H and O–H groups in total. The molecule has 0 bridgehead atoms. The van der Waals surface area contributed by atoms with Crippen LogP contribution in [0.1, 0.15) is 0 Å². The van der Waals surface area contributed by atoms with Crippen LogP contribution in [0.25, 0.3) is 75.0 Å². The molecule has 0 aliphatic heterocycles. The number of hydrogen-bond acceptors (Lipinski definition) is 3. The van der Waals surface area contributed by atoms with Gasteiger partial charge in [-0.25, -0.2) is 4.39 Å². The number of nitrogens with zero attached hydrogens (tertiary/aromatic N) is 2. The summed E-state index contributed by atoms with van der Waals surface area (Å²) in [6, 6.07) is 48.5. The second-order valence-electron chi connectivity index (χ2n) is 10.6. The molecule has 0 saturated carbocycles. The Hall–Kier alpha value is -4.80. The predicted molar refractivity (Wildman–Crippen MR) is 182 cm³/mol. The van der Waals surface area contributed by atoms with E-state index in [9.17, 15) is 4.39 Å². The van der Waals surface area contributed by atoms with E-state index in [2.05, 4.69) is 77.8 Å². The average molecular weight is 775 g/mol. The number of benzene rings is 6. The van der Waals surface area contributed by atoms with E-state index in [1.54, 1.807) is 23.6 Å². The van der Waals surface area contributed by atoms with Crippen molar-refractivity contribution in [3.05, 3.63) is 158 Å². The summed E-state index contributed by atoms with van der Waals surface area (Å²) in [7, 11) is 0. The van der Waals surface area contributed by atoms with Gasteiger partial charge in [-0.05, 0) is 84.1 Å². The number of aromatic nitrogens is 2. The first-order valence-corrected chi connectivity index (χ1v) is 15.2. The van der Waals surface area contributed by atoms with Crippen LogP contribution in [0.2, 0.25) is 0 Å². The van der Waals surface area contributed by atoms with Crippen LogP contribution >= 0.6 is 11.3 Å². The van der Waals surface area contributed by atoms with E-state index in [0.717, 1.165) is 54.8 Å². The Bertz CT molecular complexity index is 2420. The van der Waals surface area contributed by atoms with Crippen LogP contribution in [0, 0.1) is 17.9 Å². The quantitative estimate of drug-likeness (QED) is 0.129. The SMILES string of the molecule is Fc1ccc2c(ccc3c4ccnc(-c5[c-]cc6c(c5)sc5ccccc56)c4ccc23)c1.[Ir].[c-]1ccccc1-c1ccccn1. The number of pyridine rings is 2. The Labute approximate surface area is 277 Å². The van der Waals surface area contributed by atoms with Crippen molar-refractivity contribution in [3.8, 4) is 22.5 Å². The molecular weight excluding hydrogens is 752 g/mol. The molecule has 0 spiro atoms. The number of rotatable bonds is 2. The average Bonchev–Trinajstić information content (AvgIpc) is 3.46. The Morgan fingerprint density at radius 1 is 0.533 bits per heavy atom. The van der Waals surface area contributed by atoms with E-state index in [4.69, 9.17) is 4.98 Å². The topological polar surface area (TPSA) is 25.8 Å². The van der Waals surface area contributed by atoms with Gasteiger partial charge in [0.15, 0.2) is 0 Å². The van der Waals surface area contributed by atoms with Crippen molar-refractivity contribution in [1.29, 1.82) is 0 Å². The molecule has 0 atom stereocenters. The number of hydrogen-bond donors (Lipinski definition) is 0. The summed E-state index contributed by atoms with van der Waals surface area (Å²) >= 11 is 1.80.